The van der Waals surface area contributed by atoms with Crippen LogP contribution in [0.3, 0.4) is 0 Å². The Morgan fingerprint density at radius 2 is 2.00 bits per heavy atom. The van der Waals surface area contributed by atoms with Gasteiger partial charge in [0.1, 0.15) is 28.7 Å². The van der Waals surface area contributed by atoms with Crippen molar-refractivity contribution in [3.8, 4) is 5.75 Å². The third kappa shape index (κ3) is 4.52. The number of anilines is 1. The number of hydrogen-bond donors (Lipinski definition) is 1. The van der Waals surface area contributed by atoms with Crippen molar-refractivity contribution in [2.24, 2.45) is 0 Å². The van der Waals surface area contributed by atoms with Gasteiger partial charge in [0.05, 0.1) is 16.3 Å². The van der Waals surface area contributed by atoms with Gasteiger partial charge >= 0.3 is 5.97 Å². The molecular weight excluding hydrogens is 417 g/mol. The fourth-order valence-corrected chi connectivity index (χ4v) is 4.37. The number of carbonyl (C=O) groups is 2. The SMILES string of the molecule is CCOC(=O)c1c(NC(C)=O)sc2c(OCc3ccc(F)cc3Cl)c(C)ccc12. The molecule has 29 heavy (non-hydrogen) atoms. The van der Waals surface area contributed by atoms with Crippen LogP contribution in [-0.2, 0) is 16.1 Å². The molecule has 0 saturated heterocycles. The lowest BCUT2D eigenvalue weighted by Gasteiger charge is -2.11. The van der Waals surface area contributed by atoms with E-state index in [9.17, 15) is 14.0 Å². The molecule has 0 aliphatic rings. The summed E-state index contributed by atoms with van der Waals surface area (Å²) in [6.07, 6.45) is 0. The van der Waals surface area contributed by atoms with Crippen LogP contribution >= 0.6 is 22.9 Å². The van der Waals surface area contributed by atoms with Crippen molar-refractivity contribution in [2.75, 3.05) is 11.9 Å². The smallest absolute Gasteiger partial charge is 0.341 e. The van der Waals surface area contributed by atoms with Gasteiger partial charge in [-0.05, 0) is 31.5 Å². The van der Waals surface area contributed by atoms with Gasteiger partial charge in [-0.2, -0.15) is 0 Å². The minimum Gasteiger partial charge on any atom is -0.487 e. The quantitative estimate of drug-likeness (QED) is 0.503. The molecular formula is C21H19ClFNO4S. The standard InChI is InChI=1S/C21H19ClFNO4S/c1-4-27-21(26)17-15-8-5-11(2)18(19(15)29-20(17)24-12(3)25)28-10-13-6-7-14(23)9-16(13)22/h5-9H,4,10H2,1-3H3,(H,24,25). The van der Waals surface area contributed by atoms with Crippen LogP contribution < -0.4 is 10.1 Å². The van der Waals surface area contributed by atoms with Crippen LogP contribution in [0.15, 0.2) is 30.3 Å². The van der Waals surface area contributed by atoms with E-state index in [0.29, 0.717) is 32.0 Å². The summed E-state index contributed by atoms with van der Waals surface area (Å²) in [5, 5.41) is 4.00. The van der Waals surface area contributed by atoms with Crippen LogP contribution in [0.4, 0.5) is 9.39 Å². The van der Waals surface area contributed by atoms with Crippen molar-refractivity contribution in [1.29, 1.82) is 0 Å². The zero-order valence-electron chi connectivity index (χ0n) is 16.1. The zero-order valence-corrected chi connectivity index (χ0v) is 17.7. The highest BCUT2D eigenvalue weighted by Crippen LogP contribution is 2.43. The lowest BCUT2D eigenvalue weighted by atomic mass is 10.1. The van der Waals surface area contributed by atoms with E-state index >= 15 is 0 Å². The van der Waals surface area contributed by atoms with Gasteiger partial charge in [0.25, 0.3) is 0 Å². The molecule has 0 spiro atoms. The summed E-state index contributed by atoms with van der Waals surface area (Å²) in [6.45, 7) is 5.31. The number of carbonyl (C=O) groups excluding carboxylic acids is 2. The Morgan fingerprint density at radius 3 is 2.66 bits per heavy atom. The number of hydrogen-bond acceptors (Lipinski definition) is 5. The average Bonchev–Trinajstić information content (AvgIpc) is 2.99. The Bertz CT molecular complexity index is 1100. The molecule has 0 unspecified atom stereocenters. The second-order valence-electron chi connectivity index (χ2n) is 6.32. The lowest BCUT2D eigenvalue weighted by Crippen LogP contribution is -2.10. The van der Waals surface area contributed by atoms with Crippen LogP contribution in [0.25, 0.3) is 10.1 Å². The van der Waals surface area contributed by atoms with Gasteiger partial charge in [-0.15, -0.1) is 11.3 Å². The molecule has 0 aliphatic heterocycles. The first-order chi connectivity index (χ1) is 13.8. The van der Waals surface area contributed by atoms with Gasteiger partial charge in [-0.25, -0.2) is 9.18 Å². The number of benzene rings is 2. The number of fused-ring (bicyclic) bond motifs is 1. The van der Waals surface area contributed by atoms with Crippen molar-refractivity contribution in [1.82, 2.24) is 0 Å². The highest BCUT2D eigenvalue weighted by atomic mass is 35.5. The fraction of sp³-hybridized carbons (Fsp3) is 0.238. The molecule has 5 nitrogen and oxygen atoms in total. The highest BCUT2D eigenvalue weighted by molar-refractivity contribution is 7.23. The molecule has 0 fully saturated rings. The minimum absolute atomic E-state index is 0.126. The minimum atomic E-state index is -0.515. The molecule has 1 N–H and O–H groups in total. The predicted octanol–water partition coefficient (Wildman–Crippen LogP) is 5.72. The van der Waals surface area contributed by atoms with Gasteiger partial charge in [-0.3, -0.25) is 4.79 Å². The van der Waals surface area contributed by atoms with E-state index in [1.807, 2.05) is 13.0 Å². The van der Waals surface area contributed by atoms with Gasteiger partial charge in [0, 0.05) is 17.9 Å². The van der Waals surface area contributed by atoms with Gasteiger partial charge in [0.15, 0.2) is 0 Å². The van der Waals surface area contributed by atoms with Crippen molar-refractivity contribution >= 4 is 49.9 Å². The van der Waals surface area contributed by atoms with Crippen LogP contribution in [0.2, 0.25) is 5.02 Å². The molecule has 152 valence electrons. The number of aryl methyl sites for hydroxylation is 1. The Hall–Kier alpha value is -2.64. The molecule has 3 aromatic rings. The third-order valence-electron chi connectivity index (χ3n) is 4.17. The van der Waals surface area contributed by atoms with Crippen LogP contribution in [0.5, 0.6) is 5.75 Å². The van der Waals surface area contributed by atoms with E-state index < -0.39 is 11.8 Å². The Balaban J connectivity index is 2.06. The number of thiophene rings is 1. The summed E-state index contributed by atoms with van der Waals surface area (Å²) in [4.78, 5) is 24.1. The maximum Gasteiger partial charge on any atom is 0.341 e. The second-order valence-corrected chi connectivity index (χ2v) is 7.75. The Kier molecular flexibility index (Phi) is 6.39. The molecule has 1 amide bonds. The van der Waals surface area contributed by atoms with Gasteiger partial charge in [-0.1, -0.05) is 29.8 Å². The van der Waals surface area contributed by atoms with Crippen LogP contribution in [0.1, 0.15) is 35.3 Å². The Morgan fingerprint density at radius 1 is 1.24 bits per heavy atom. The Labute approximate surface area is 176 Å². The van der Waals surface area contributed by atoms with Crippen molar-refractivity contribution < 1.29 is 23.5 Å². The summed E-state index contributed by atoms with van der Waals surface area (Å²) >= 11 is 7.33. The van der Waals surface area contributed by atoms with E-state index in [2.05, 4.69) is 5.32 Å². The van der Waals surface area contributed by atoms with Crippen molar-refractivity contribution in [3.63, 3.8) is 0 Å². The molecule has 1 heterocycles. The maximum absolute atomic E-state index is 13.3. The number of halogens is 2. The summed E-state index contributed by atoms with van der Waals surface area (Å²) in [5.41, 5.74) is 1.78. The van der Waals surface area contributed by atoms with E-state index in [4.69, 9.17) is 21.1 Å². The van der Waals surface area contributed by atoms with Crippen LogP contribution in [0, 0.1) is 12.7 Å². The van der Waals surface area contributed by atoms with Crippen LogP contribution in [-0.4, -0.2) is 18.5 Å². The average molecular weight is 436 g/mol. The molecule has 3 rings (SSSR count). The topological polar surface area (TPSA) is 64.6 Å². The fourth-order valence-electron chi connectivity index (χ4n) is 2.86. The molecule has 2 aromatic carbocycles. The molecule has 0 radical (unpaired) electrons. The van der Waals surface area contributed by atoms with E-state index in [1.54, 1.807) is 19.1 Å². The van der Waals surface area contributed by atoms with Crippen molar-refractivity contribution in [2.45, 2.75) is 27.4 Å². The maximum atomic E-state index is 13.3. The van der Waals surface area contributed by atoms with Gasteiger partial charge in [0.2, 0.25) is 5.91 Å². The largest absolute Gasteiger partial charge is 0.487 e. The number of rotatable bonds is 6. The summed E-state index contributed by atoms with van der Waals surface area (Å²) in [7, 11) is 0. The predicted molar refractivity (Wildman–Crippen MR) is 113 cm³/mol. The van der Waals surface area contributed by atoms with E-state index in [-0.39, 0.29) is 24.1 Å². The first kappa shape index (κ1) is 21.1. The number of amides is 1. The number of nitrogens with one attached hydrogen (secondary N) is 1. The summed E-state index contributed by atoms with van der Waals surface area (Å²) in [5.74, 6) is -0.664. The molecule has 0 aliphatic carbocycles. The summed E-state index contributed by atoms with van der Waals surface area (Å²) in [6, 6.07) is 7.74. The molecule has 0 atom stereocenters. The molecule has 1 aromatic heterocycles. The molecule has 0 saturated carbocycles. The first-order valence-corrected chi connectivity index (χ1v) is 10.1. The third-order valence-corrected chi connectivity index (χ3v) is 5.64. The molecule has 0 bridgehead atoms. The van der Waals surface area contributed by atoms with E-state index in [1.165, 1.54) is 30.4 Å². The second kappa shape index (κ2) is 8.80. The number of esters is 1. The monoisotopic (exact) mass is 435 g/mol. The highest BCUT2D eigenvalue weighted by Gasteiger charge is 2.24. The summed E-state index contributed by atoms with van der Waals surface area (Å²) < 4.78 is 25.1. The molecule has 8 heteroatoms. The van der Waals surface area contributed by atoms with Crippen molar-refractivity contribution in [3.05, 3.63) is 57.9 Å². The normalized spacial score (nSPS) is 10.8. The lowest BCUT2D eigenvalue weighted by molar-refractivity contribution is -0.114. The van der Waals surface area contributed by atoms with E-state index in [0.717, 1.165) is 5.56 Å². The number of ether oxygens (including phenoxy) is 2. The zero-order chi connectivity index (χ0) is 21.1. The van der Waals surface area contributed by atoms with Gasteiger partial charge < -0.3 is 14.8 Å². The first-order valence-electron chi connectivity index (χ1n) is 8.89.